The van der Waals surface area contributed by atoms with Crippen molar-refractivity contribution in [2.75, 3.05) is 52.3 Å². The van der Waals surface area contributed by atoms with Crippen molar-refractivity contribution in [3.05, 3.63) is 64.7 Å². The van der Waals surface area contributed by atoms with E-state index < -0.39 is 6.04 Å². The van der Waals surface area contributed by atoms with E-state index in [1.54, 1.807) is 33.7 Å². The van der Waals surface area contributed by atoms with E-state index in [4.69, 9.17) is 14.2 Å². The molecule has 0 radical (unpaired) electrons. The van der Waals surface area contributed by atoms with Crippen LogP contribution in [0.2, 0.25) is 0 Å². The van der Waals surface area contributed by atoms with Crippen molar-refractivity contribution in [3.8, 4) is 28.4 Å². The first-order valence-electron chi connectivity index (χ1n) is 20.1. The highest BCUT2D eigenvalue weighted by molar-refractivity contribution is 6.01. The molecule has 0 bridgehead atoms. The fourth-order valence-corrected chi connectivity index (χ4v) is 7.56. The Labute approximate surface area is 333 Å². The fraction of sp³-hybridized carbons (Fsp3) is 0.500. The number of carbonyl (C=O) groups excluding carboxylic acids is 3. The number of hydrogen-bond donors (Lipinski definition) is 5. The molecule has 2 aromatic carbocycles. The van der Waals surface area contributed by atoms with Gasteiger partial charge >= 0.3 is 0 Å². The molecule has 15 heteroatoms. The number of aryl methyl sites for hydroxylation is 1. The largest absolute Gasteiger partial charge is 0.496 e. The third-order valence-electron chi connectivity index (χ3n) is 10.8. The number of carbonyl (C=O) groups is 3. The van der Waals surface area contributed by atoms with Crippen LogP contribution in [0.25, 0.3) is 22.0 Å². The lowest BCUT2D eigenvalue weighted by atomic mass is 10.0. The average molecular weight is 785 g/mol. The van der Waals surface area contributed by atoms with Crippen molar-refractivity contribution >= 4 is 34.3 Å². The number of likely N-dealkylation sites (tertiary alicyclic amines) is 1. The maximum Gasteiger partial charge on any atom is 0.276 e. The predicted molar refractivity (Wildman–Crippen MR) is 219 cm³/mol. The first-order valence-corrected chi connectivity index (χ1v) is 20.1. The predicted octanol–water partition coefficient (Wildman–Crippen LogP) is 4.25. The molecule has 0 aliphatic carbocycles. The summed E-state index contributed by atoms with van der Waals surface area (Å²) in [5, 5.41) is 19.4. The molecule has 5 N–H and O–H groups in total. The molecule has 6 rings (SSSR count). The van der Waals surface area contributed by atoms with Crippen LogP contribution in [0.3, 0.4) is 0 Å². The van der Waals surface area contributed by atoms with Gasteiger partial charge in [-0.05, 0) is 80.6 Å². The molecular weight excluding hydrogens is 729 g/mol. The fourth-order valence-electron chi connectivity index (χ4n) is 7.56. The van der Waals surface area contributed by atoms with Gasteiger partial charge in [0.05, 0.1) is 27.0 Å². The van der Waals surface area contributed by atoms with E-state index >= 15 is 0 Å². The number of fused-ring (bicyclic) bond motifs is 1. The zero-order valence-corrected chi connectivity index (χ0v) is 33.3. The van der Waals surface area contributed by atoms with Crippen LogP contribution in [0.1, 0.15) is 69.8 Å². The van der Waals surface area contributed by atoms with Crippen LogP contribution in [0, 0.1) is 0 Å². The minimum atomic E-state index is -0.397. The second-order valence-corrected chi connectivity index (χ2v) is 14.9. The number of piperidine rings is 2. The highest BCUT2D eigenvalue weighted by Gasteiger charge is 2.26. The van der Waals surface area contributed by atoms with Gasteiger partial charge in [0.15, 0.2) is 0 Å². The minimum absolute atomic E-state index is 0.0523. The van der Waals surface area contributed by atoms with Crippen LogP contribution in [-0.2, 0) is 28.0 Å². The van der Waals surface area contributed by atoms with E-state index in [0.29, 0.717) is 48.3 Å². The number of nitrogens with zero attached hydrogens (tertiary/aromatic N) is 3. The Morgan fingerprint density at radius 3 is 2.33 bits per heavy atom. The van der Waals surface area contributed by atoms with Gasteiger partial charge in [0, 0.05) is 68.0 Å². The molecule has 3 amide bonds. The van der Waals surface area contributed by atoms with Crippen LogP contribution in [0.15, 0.2) is 53.6 Å². The van der Waals surface area contributed by atoms with Crippen LogP contribution >= 0.6 is 0 Å². The highest BCUT2D eigenvalue weighted by atomic mass is 16.5. The zero-order chi connectivity index (χ0) is 40.1. The number of hydrogen-bond acceptors (Lipinski definition) is 11. The van der Waals surface area contributed by atoms with E-state index in [-0.39, 0.29) is 35.9 Å². The number of methoxy groups -OCH3 is 2. The van der Waals surface area contributed by atoms with Crippen molar-refractivity contribution in [2.24, 2.45) is 7.05 Å². The Hall–Kier alpha value is -5.41. The summed E-state index contributed by atoms with van der Waals surface area (Å²) >= 11 is 0. The maximum absolute atomic E-state index is 12.6. The van der Waals surface area contributed by atoms with Gasteiger partial charge in [0.1, 0.15) is 34.9 Å². The summed E-state index contributed by atoms with van der Waals surface area (Å²) in [4.78, 5) is 51.0. The summed E-state index contributed by atoms with van der Waals surface area (Å²) in [6, 6.07) is 11.1. The highest BCUT2D eigenvalue weighted by Crippen LogP contribution is 2.37. The van der Waals surface area contributed by atoms with Gasteiger partial charge in [-0.25, -0.2) is 0 Å². The average Bonchev–Trinajstić information content (AvgIpc) is 3.71. The van der Waals surface area contributed by atoms with Crippen LogP contribution in [-0.4, -0.2) is 96.5 Å². The summed E-state index contributed by atoms with van der Waals surface area (Å²) in [7, 11) is 4.90. The molecule has 0 spiro atoms. The lowest BCUT2D eigenvalue weighted by Crippen LogP contribution is -2.47. The number of amides is 3. The number of aromatic nitrogens is 3. The first kappa shape index (κ1) is 41.2. The van der Waals surface area contributed by atoms with Crippen LogP contribution in [0.5, 0.6) is 17.2 Å². The summed E-state index contributed by atoms with van der Waals surface area (Å²) < 4.78 is 19.2. The number of nitrogens with one attached hydrogen (secondary N) is 5. The lowest BCUT2D eigenvalue weighted by molar-refractivity contribution is -0.133. The van der Waals surface area contributed by atoms with Crippen molar-refractivity contribution < 1.29 is 28.6 Å². The molecule has 0 saturated carbocycles. The van der Waals surface area contributed by atoms with Gasteiger partial charge in [-0.1, -0.05) is 25.7 Å². The normalized spacial score (nSPS) is 16.4. The molecule has 2 aromatic heterocycles. The number of anilines is 1. The summed E-state index contributed by atoms with van der Waals surface area (Å²) in [5.74, 6) is 1.51. The van der Waals surface area contributed by atoms with Gasteiger partial charge in [-0.15, -0.1) is 0 Å². The topological polar surface area (TPSA) is 181 Å². The number of benzene rings is 2. The molecule has 2 fully saturated rings. The van der Waals surface area contributed by atoms with Crippen molar-refractivity contribution in [1.29, 1.82) is 0 Å². The van der Waals surface area contributed by atoms with Crippen LogP contribution in [0.4, 0.5) is 5.69 Å². The second kappa shape index (κ2) is 20.1. The number of ether oxygens (including phenoxy) is 3. The molecule has 4 aromatic rings. The zero-order valence-electron chi connectivity index (χ0n) is 33.3. The van der Waals surface area contributed by atoms with E-state index in [2.05, 4.69) is 36.4 Å². The number of rotatable bonds is 20. The molecular formula is C42H56N8O7. The summed E-state index contributed by atoms with van der Waals surface area (Å²) in [5.41, 5.74) is 3.55. The Balaban J connectivity index is 0.800. The second-order valence-electron chi connectivity index (χ2n) is 14.9. The van der Waals surface area contributed by atoms with Gasteiger partial charge in [0.2, 0.25) is 17.7 Å². The molecule has 1 atom stereocenters. The van der Waals surface area contributed by atoms with Crippen LogP contribution < -0.4 is 41.0 Å². The molecule has 2 aliphatic rings. The number of unbranched alkanes of at least 4 members (excludes halogenated alkanes) is 5. The van der Waals surface area contributed by atoms with Gasteiger partial charge in [-0.3, -0.25) is 29.6 Å². The smallest absolute Gasteiger partial charge is 0.276 e. The molecule has 4 heterocycles. The Bertz CT molecular complexity index is 2010. The van der Waals surface area contributed by atoms with Crippen molar-refractivity contribution in [3.63, 3.8) is 0 Å². The standard InChI is InChI=1S/C42H56N8O7/c1-49-27-34(32-25-45-48-40(32)42(49)54)28-22-36(55-2)33(37(23-28)56-3)24-43-26-39(52)44-18-8-6-4-5-7-9-19-50-20-16-31(17-21-50)57-30-12-10-29(11-13-30)46-35-14-15-38(51)47-41(35)53/h10-13,22-23,25,27,31,35,43,46H,4-9,14-21,24,26H2,1-3H3,(H,44,52)(H,45,48)(H,47,51,53). The van der Waals surface area contributed by atoms with Gasteiger partial charge in [-0.2, -0.15) is 5.10 Å². The SMILES string of the molecule is COc1cc(-c2cn(C)c(=O)c3[nH]ncc23)cc(OC)c1CNCC(=O)NCCCCCCCCN1CCC(Oc2ccc(NC3CCC(=O)NC3=O)cc2)CC1. The summed E-state index contributed by atoms with van der Waals surface area (Å²) in [6.45, 7) is 4.40. The van der Waals surface area contributed by atoms with Crippen molar-refractivity contribution in [1.82, 2.24) is 35.6 Å². The third-order valence-corrected chi connectivity index (χ3v) is 10.8. The Kier molecular flexibility index (Phi) is 14.6. The molecule has 306 valence electrons. The Morgan fingerprint density at radius 2 is 1.63 bits per heavy atom. The van der Waals surface area contributed by atoms with E-state index in [1.807, 2.05) is 36.4 Å². The lowest BCUT2D eigenvalue weighted by Gasteiger charge is -2.32. The number of H-pyrrole nitrogens is 1. The molecule has 1 unspecified atom stereocenters. The van der Waals surface area contributed by atoms with E-state index in [1.165, 1.54) is 23.8 Å². The molecule has 15 nitrogen and oxygen atoms in total. The first-order chi connectivity index (χ1) is 27.7. The number of imide groups is 1. The monoisotopic (exact) mass is 784 g/mol. The molecule has 2 saturated heterocycles. The minimum Gasteiger partial charge on any atom is -0.496 e. The number of pyridine rings is 1. The Morgan fingerprint density at radius 1 is 0.930 bits per heavy atom. The molecule has 2 aliphatic heterocycles. The summed E-state index contributed by atoms with van der Waals surface area (Å²) in [6.07, 6.45) is 13.3. The third kappa shape index (κ3) is 11.1. The quantitative estimate of drug-likeness (QED) is 0.0639. The maximum atomic E-state index is 12.6. The van der Waals surface area contributed by atoms with Gasteiger partial charge in [0.25, 0.3) is 5.56 Å². The van der Waals surface area contributed by atoms with Gasteiger partial charge < -0.3 is 39.6 Å². The van der Waals surface area contributed by atoms with Crippen molar-refractivity contribution in [2.45, 2.75) is 82.9 Å². The molecule has 57 heavy (non-hydrogen) atoms. The van der Waals surface area contributed by atoms with E-state index in [9.17, 15) is 19.2 Å². The van der Waals surface area contributed by atoms with E-state index in [0.717, 1.165) is 79.9 Å². The number of aromatic amines is 1.